The van der Waals surface area contributed by atoms with E-state index < -0.39 is 0 Å². The summed E-state index contributed by atoms with van der Waals surface area (Å²) < 4.78 is 5.15. The lowest BCUT2D eigenvalue weighted by molar-refractivity contribution is 0.401. The van der Waals surface area contributed by atoms with Crippen molar-refractivity contribution in [3.05, 3.63) is 23.3 Å². The molecule has 1 saturated carbocycles. The Hall–Kier alpha value is -1.22. The Morgan fingerprint density at radius 1 is 1.44 bits per heavy atom. The molecule has 1 aliphatic carbocycles. The van der Waals surface area contributed by atoms with Crippen molar-refractivity contribution in [2.45, 2.75) is 38.1 Å². The lowest BCUT2D eigenvalue weighted by Crippen LogP contribution is -2.22. The van der Waals surface area contributed by atoms with Crippen LogP contribution in [-0.2, 0) is 6.42 Å². The highest BCUT2D eigenvalue weighted by atomic mass is 16.5. The van der Waals surface area contributed by atoms with E-state index in [0.717, 1.165) is 42.6 Å². The summed E-state index contributed by atoms with van der Waals surface area (Å²) >= 11 is 0. The molecular formula is C13H19NO2. The summed E-state index contributed by atoms with van der Waals surface area (Å²) in [7, 11) is 1.61. The maximum Gasteiger partial charge on any atom is 0.125 e. The van der Waals surface area contributed by atoms with Gasteiger partial charge in [0.15, 0.2) is 0 Å². The van der Waals surface area contributed by atoms with Gasteiger partial charge in [-0.3, -0.25) is 0 Å². The highest BCUT2D eigenvalue weighted by Crippen LogP contribution is 2.38. The maximum absolute atomic E-state index is 10.0. The van der Waals surface area contributed by atoms with E-state index in [1.807, 2.05) is 19.1 Å². The summed E-state index contributed by atoms with van der Waals surface area (Å²) in [5, 5.41) is 10.0. The fraction of sp³-hybridized carbons (Fsp3) is 0.538. The Bertz CT molecular complexity index is 397. The molecule has 3 nitrogen and oxygen atoms in total. The zero-order chi connectivity index (χ0) is 11.8. The molecule has 1 fully saturated rings. The Kier molecular flexibility index (Phi) is 2.80. The third-order valence-electron chi connectivity index (χ3n) is 3.47. The fourth-order valence-electron chi connectivity index (χ4n) is 1.95. The second kappa shape index (κ2) is 3.98. The largest absolute Gasteiger partial charge is 0.507 e. The highest BCUT2D eigenvalue weighted by molar-refractivity contribution is 5.48. The normalized spacial score (nSPS) is 17.2. The van der Waals surface area contributed by atoms with Crippen molar-refractivity contribution in [3.8, 4) is 11.5 Å². The van der Waals surface area contributed by atoms with E-state index in [9.17, 15) is 5.11 Å². The number of rotatable bonds is 4. The zero-order valence-corrected chi connectivity index (χ0v) is 9.92. The number of methoxy groups -OCH3 is 1. The first-order valence-electron chi connectivity index (χ1n) is 5.70. The van der Waals surface area contributed by atoms with Gasteiger partial charge in [0.1, 0.15) is 11.5 Å². The molecule has 88 valence electrons. The van der Waals surface area contributed by atoms with Gasteiger partial charge in [-0.2, -0.15) is 0 Å². The van der Waals surface area contributed by atoms with Gasteiger partial charge in [0.25, 0.3) is 0 Å². The van der Waals surface area contributed by atoms with E-state index in [1.54, 1.807) is 7.11 Å². The molecule has 0 bridgehead atoms. The van der Waals surface area contributed by atoms with Crippen LogP contribution in [0.15, 0.2) is 12.1 Å². The molecule has 0 spiro atoms. The SMILES string of the molecule is COc1ccc(CCC2(N)CC2)c(O)c1C. The van der Waals surface area contributed by atoms with Gasteiger partial charge in [-0.15, -0.1) is 0 Å². The Labute approximate surface area is 96.2 Å². The number of phenols is 1. The predicted octanol–water partition coefficient (Wildman–Crippen LogP) is 2.13. The van der Waals surface area contributed by atoms with Gasteiger partial charge in [0.2, 0.25) is 0 Å². The van der Waals surface area contributed by atoms with Crippen molar-refractivity contribution in [3.63, 3.8) is 0 Å². The molecule has 0 aromatic heterocycles. The molecule has 0 radical (unpaired) electrons. The summed E-state index contributed by atoms with van der Waals surface area (Å²) in [5.74, 6) is 1.08. The van der Waals surface area contributed by atoms with Crippen molar-refractivity contribution < 1.29 is 9.84 Å². The fourth-order valence-corrected chi connectivity index (χ4v) is 1.95. The van der Waals surface area contributed by atoms with Crippen LogP contribution in [0.4, 0.5) is 0 Å². The molecule has 0 saturated heterocycles. The van der Waals surface area contributed by atoms with Gasteiger partial charge in [0.05, 0.1) is 7.11 Å². The summed E-state index contributed by atoms with van der Waals surface area (Å²) in [6, 6.07) is 3.83. The van der Waals surface area contributed by atoms with Gasteiger partial charge in [0, 0.05) is 11.1 Å². The van der Waals surface area contributed by atoms with Crippen molar-refractivity contribution in [1.29, 1.82) is 0 Å². The zero-order valence-electron chi connectivity index (χ0n) is 9.92. The number of aromatic hydroxyl groups is 1. The highest BCUT2D eigenvalue weighted by Gasteiger charge is 2.37. The van der Waals surface area contributed by atoms with Crippen LogP contribution >= 0.6 is 0 Å². The van der Waals surface area contributed by atoms with Crippen LogP contribution in [0.1, 0.15) is 30.4 Å². The molecular weight excluding hydrogens is 202 g/mol. The number of hydrogen-bond acceptors (Lipinski definition) is 3. The average Bonchev–Trinajstić information content (AvgIpc) is 2.99. The molecule has 0 amide bonds. The van der Waals surface area contributed by atoms with Gasteiger partial charge in [-0.05, 0) is 44.2 Å². The van der Waals surface area contributed by atoms with E-state index in [1.165, 1.54) is 0 Å². The van der Waals surface area contributed by atoms with E-state index in [0.29, 0.717) is 5.75 Å². The molecule has 1 aliphatic rings. The van der Waals surface area contributed by atoms with Gasteiger partial charge >= 0.3 is 0 Å². The van der Waals surface area contributed by atoms with E-state index in [-0.39, 0.29) is 5.54 Å². The summed E-state index contributed by atoms with van der Waals surface area (Å²) in [6.45, 7) is 1.87. The minimum atomic E-state index is 0.0419. The predicted molar refractivity (Wildman–Crippen MR) is 63.9 cm³/mol. The lowest BCUT2D eigenvalue weighted by Gasteiger charge is -2.13. The second-order valence-electron chi connectivity index (χ2n) is 4.76. The van der Waals surface area contributed by atoms with Crippen molar-refractivity contribution >= 4 is 0 Å². The minimum Gasteiger partial charge on any atom is -0.507 e. The van der Waals surface area contributed by atoms with E-state index >= 15 is 0 Å². The number of ether oxygens (including phenoxy) is 1. The maximum atomic E-state index is 10.0. The standard InChI is InChI=1S/C13H19NO2/c1-9-11(16-2)4-3-10(12(9)15)5-6-13(14)7-8-13/h3-4,15H,5-8,14H2,1-2H3. The van der Waals surface area contributed by atoms with Crippen LogP contribution in [0.25, 0.3) is 0 Å². The Morgan fingerprint density at radius 3 is 2.69 bits per heavy atom. The third kappa shape index (κ3) is 2.14. The van der Waals surface area contributed by atoms with Crippen LogP contribution in [0.2, 0.25) is 0 Å². The summed E-state index contributed by atoms with van der Waals surface area (Å²) in [5.41, 5.74) is 7.85. The molecule has 2 rings (SSSR count). The summed E-state index contributed by atoms with van der Waals surface area (Å²) in [4.78, 5) is 0. The Morgan fingerprint density at radius 2 is 2.12 bits per heavy atom. The first-order valence-corrected chi connectivity index (χ1v) is 5.70. The van der Waals surface area contributed by atoms with Crippen molar-refractivity contribution in [1.82, 2.24) is 0 Å². The van der Waals surface area contributed by atoms with Crippen LogP contribution in [0.5, 0.6) is 11.5 Å². The number of hydrogen-bond donors (Lipinski definition) is 2. The molecule has 0 atom stereocenters. The minimum absolute atomic E-state index is 0.0419. The molecule has 0 heterocycles. The lowest BCUT2D eigenvalue weighted by atomic mass is 10.0. The number of aryl methyl sites for hydroxylation is 1. The number of benzene rings is 1. The first-order chi connectivity index (χ1) is 7.56. The first kappa shape index (κ1) is 11.3. The summed E-state index contributed by atoms with van der Waals surface area (Å²) in [6.07, 6.45) is 4.02. The molecule has 16 heavy (non-hydrogen) atoms. The van der Waals surface area contributed by atoms with E-state index in [4.69, 9.17) is 10.5 Å². The molecule has 3 N–H and O–H groups in total. The monoisotopic (exact) mass is 221 g/mol. The van der Waals surface area contributed by atoms with Crippen molar-refractivity contribution in [2.75, 3.05) is 7.11 Å². The van der Waals surface area contributed by atoms with Crippen LogP contribution in [0, 0.1) is 6.92 Å². The quantitative estimate of drug-likeness (QED) is 0.819. The van der Waals surface area contributed by atoms with Crippen molar-refractivity contribution in [2.24, 2.45) is 5.73 Å². The van der Waals surface area contributed by atoms with Gasteiger partial charge in [-0.25, -0.2) is 0 Å². The third-order valence-corrected chi connectivity index (χ3v) is 3.47. The number of phenolic OH excluding ortho intramolecular Hbond substituents is 1. The molecule has 0 unspecified atom stereocenters. The van der Waals surface area contributed by atoms with Gasteiger partial charge in [-0.1, -0.05) is 6.07 Å². The van der Waals surface area contributed by atoms with Crippen LogP contribution in [-0.4, -0.2) is 17.8 Å². The topological polar surface area (TPSA) is 55.5 Å². The number of nitrogens with two attached hydrogens (primary N) is 1. The molecule has 3 heteroatoms. The van der Waals surface area contributed by atoms with E-state index in [2.05, 4.69) is 0 Å². The smallest absolute Gasteiger partial charge is 0.125 e. The molecule has 0 aliphatic heterocycles. The van der Waals surface area contributed by atoms with Crippen LogP contribution in [0.3, 0.4) is 0 Å². The van der Waals surface area contributed by atoms with Gasteiger partial charge < -0.3 is 15.6 Å². The second-order valence-corrected chi connectivity index (χ2v) is 4.76. The molecule has 1 aromatic carbocycles. The molecule has 1 aromatic rings. The van der Waals surface area contributed by atoms with Crippen LogP contribution < -0.4 is 10.5 Å². The average molecular weight is 221 g/mol. The Balaban J connectivity index is 2.12.